The zero-order valence-corrected chi connectivity index (χ0v) is 22.7. The third-order valence-electron chi connectivity index (χ3n) is 8.22. The fourth-order valence-corrected chi connectivity index (χ4v) is 6.54. The van der Waals surface area contributed by atoms with Crippen LogP contribution in [0.5, 0.6) is 5.75 Å². The van der Waals surface area contributed by atoms with Gasteiger partial charge in [0, 0.05) is 33.0 Å². The molecule has 2 heteroatoms. The predicted molar refractivity (Wildman–Crippen MR) is 172 cm³/mol. The summed E-state index contributed by atoms with van der Waals surface area (Å²) in [7, 11) is 1.76. The highest BCUT2D eigenvalue weighted by atomic mass is 16.5. The van der Waals surface area contributed by atoms with E-state index in [0.29, 0.717) is 0 Å². The fourth-order valence-electron chi connectivity index (χ4n) is 6.54. The van der Waals surface area contributed by atoms with Gasteiger partial charge in [0.05, 0.1) is 23.7 Å². The number of rotatable bonds is 5. The summed E-state index contributed by atoms with van der Waals surface area (Å²) in [5, 5.41) is 2.35. The fraction of sp³-hybridized carbons (Fsp3) is 0.0256. The minimum absolute atomic E-state index is 0.847. The highest BCUT2D eigenvalue weighted by Gasteiger charge is 2.26. The molecule has 2 nitrogen and oxygen atoms in total. The van der Waals surface area contributed by atoms with Gasteiger partial charge in [0.2, 0.25) is 0 Å². The molecule has 0 fully saturated rings. The van der Waals surface area contributed by atoms with Crippen LogP contribution in [0.1, 0.15) is 0 Å². The normalized spacial score (nSPS) is 11.5. The molecule has 0 radical (unpaired) electrons. The van der Waals surface area contributed by atoms with Gasteiger partial charge in [-0.15, -0.1) is 0 Å². The van der Waals surface area contributed by atoms with Gasteiger partial charge in [-0.25, -0.2) is 0 Å². The van der Waals surface area contributed by atoms with Gasteiger partial charge in [0.15, 0.2) is 0 Å². The second kappa shape index (κ2) is 9.39. The lowest BCUT2D eigenvalue weighted by molar-refractivity contribution is 0.416. The van der Waals surface area contributed by atoms with E-state index >= 15 is 0 Å². The second-order valence-corrected chi connectivity index (χ2v) is 10.5. The van der Waals surface area contributed by atoms with Crippen LogP contribution in [0.15, 0.2) is 146 Å². The average Bonchev–Trinajstić information content (AvgIpc) is 3.49. The van der Waals surface area contributed by atoms with Crippen LogP contribution in [0, 0.1) is 0 Å². The van der Waals surface area contributed by atoms with Crippen LogP contribution in [0.3, 0.4) is 0 Å². The van der Waals surface area contributed by atoms with Gasteiger partial charge < -0.3 is 9.14 Å². The Morgan fingerprint density at radius 2 is 0.756 bits per heavy atom. The third-order valence-corrected chi connectivity index (χ3v) is 8.22. The SMILES string of the molecule is COc1cc2c(-c3ccccc3)c(-c3ccccc3)c3ccc4c(-c5ccccc5)c(-c5ccccc5)c(c1)c2n34. The summed E-state index contributed by atoms with van der Waals surface area (Å²) in [5.41, 5.74) is 13.3. The predicted octanol–water partition coefficient (Wildman–Crippen LogP) is 10.4. The molecule has 8 rings (SSSR count). The van der Waals surface area contributed by atoms with Crippen LogP contribution in [0.25, 0.3) is 71.8 Å². The highest BCUT2D eigenvalue weighted by molar-refractivity contribution is 6.21. The lowest BCUT2D eigenvalue weighted by Crippen LogP contribution is -2.02. The van der Waals surface area contributed by atoms with Crippen molar-refractivity contribution in [1.29, 1.82) is 0 Å². The Labute approximate surface area is 239 Å². The Balaban J connectivity index is 1.68. The Morgan fingerprint density at radius 3 is 1.10 bits per heavy atom. The van der Waals surface area contributed by atoms with E-state index < -0.39 is 0 Å². The molecule has 0 saturated heterocycles. The largest absolute Gasteiger partial charge is 0.497 e. The van der Waals surface area contributed by atoms with Crippen LogP contribution in [0.4, 0.5) is 0 Å². The van der Waals surface area contributed by atoms with Crippen molar-refractivity contribution in [3.8, 4) is 50.3 Å². The number of hydrogen-bond acceptors (Lipinski definition) is 1. The van der Waals surface area contributed by atoms with E-state index in [9.17, 15) is 0 Å². The molecule has 0 amide bonds. The Bertz CT molecular complexity index is 2000. The zero-order chi connectivity index (χ0) is 27.3. The number of pyridine rings is 2. The lowest BCUT2D eigenvalue weighted by atomic mass is 9.86. The second-order valence-electron chi connectivity index (χ2n) is 10.5. The van der Waals surface area contributed by atoms with Gasteiger partial charge in [0.1, 0.15) is 5.75 Å². The summed E-state index contributed by atoms with van der Waals surface area (Å²) < 4.78 is 8.49. The van der Waals surface area contributed by atoms with Crippen LogP contribution >= 0.6 is 0 Å². The summed E-state index contributed by atoms with van der Waals surface area (Å²) in [6.45, 7) is 0. The summed E-state index contributed by atoms with van der Waals surface area (Å²) in [6, 6.07) is 52.1. The summed E-state index contributed by atoms with van der Waals surface area (Å²) in [4.78, 5) is 0. The van der Waals surface area contributed by atoms with Crippen molar-refractivity contribution >= 4 is 27.3 Å². The molecular formula is C39H27NO. The highest BCUT2D eigenvalue weighted by Crippen LogP contribution is 2.50. The molecule has 194 valence electrons. The molecule has 0 aliphatic carbocycles. The molecule has 0 unspecified atom stereocenters. The van der Waals surface area contributed by atoms with Crippen molar-refractivity contribution in [2.45, 2.75) is 0 Å². The van der Waals surface area contributed by atoms with E-state index in [-0.39, 0.29) is 0 Å². The number of nitrogens with zero attached hydrogens (tertiary/aromatic N) is 1. The first-order valence-corrected chi connectivity index (χ1v) is 14.0. The zero-order valence-electron chi connectivity index (χ0n) is 22.7. The summed E-state index contributed by atoms with van der Waals surface area (Å²) in [6.07, 6.45) is 0. The lowest BCUT2D eigenvalue weighted by Gasteiger charge is -2.24. The molecule has 8 aromatic rings. The Hall–Kier alpha value is -5.34. The maximum absolute atomic E-state index is 6.01. The average molecular weight is 526 g/mol. The molecule has 41 heavy (non-hydrogen) atoms. The molecule has 0 atom stereocenters. The number of ether oxygens (including phenoxy) is 1. The smallest absolute Gasteiger partial charge is 0.120 e. The van der Waals surface area contributed by atoms with Crippen molar-refractivity contribution in [2.24, 2.45) is 0 Å². The molecule has 0 saturated carbocycles. The first-order chi connectivity index (χ1) is 20.3. The minimum atomic E-state index is 0.847. The van der Waals surface area contributed by atoms with Crippen molar-refractivity contribution in [3.63, 3.8) is 0 Å². The van der Waals surface area contributed by atoms with Crippen molar-refractivity contribution in [2.75, 3.05) is 7.11 Å². The number of methoxy groups -OCH3 is 1. The van der Waals surface area contributed by atoms with Gasteiger partial charge in [-0.2, -0.15) is 0 Å². The maximum atomic E-state index is 6.01. The topological polar surface area (TPSA) is 13.6 Å². The van der Waals surface area contributed by atoms with Crippen LogP contribution < -0.4 is 4.74 Å². The van der Waals surface area contributed by atoms with Gasteiger partial charge in [-0.05, 0) is 46.5 Å². The first kappa shape index (κ1) is 23.5. The van der Waals surface area contributed by atoms with E-state index in [0.717, 1.165) is 5.75 Å². The van der Waals surface area contributed by atoms with Crippen LogP contribution in [-0.2, 0) is 0 Å². The maximum Gasteiger partial charge on any atom is 0.120 e. The molecule has 0 spiro atoms. The van der Waals surface area contributed by atoms with Gasteiger partial charge in [-0.3, -0.25) is 0 Å². The first-order valence-electron chi connectivity index (χ1n) is 14.0. The van der Waals surface area contributed by atoms with Crippen molar-refractivity contribution < 1.29 is 4.74 Å². The van der Waals surface area contributed by atoms with Crippen LogP contribution in [0.2, 0.25) is 0 Å². The summed E-state index contributed by atoms with van der Waals surface area (Å²) in [5.74, 6) is 0.847. The van der Waals surface area contributed by atoms with E-state index in [1.807, 2.05) is 0 Å². The third kappa shape index (κ3) is 3.58. The van der Waals surface area contributed by atoms with Crippen LogP contribution in [-0.4, -0.2) is 11.5 Å². The molecular weight excluding hydrogens is 498 g/mol. The minimum Gasteiger partial charge on any atom is -0.497 e. The molecule has 0 bridgehead atoms. The van der Waals surface area contributed by atoms with E-state index in [1.54, 1.807) is 7.11 Å². The summed E-state index contributed by atoms with van der Waals surface area (Å²) >= 11 is 0. The Kier molecular flexibility index (Phi) is 5.39. The van der Waals surface area contributed by atoms with Gasteiger partial charge >= 0.3 is 0 Å². The molecule has 0 N–H and O–H groups in total. The van der Waals surface area contributed by atoms with Gasteiger partial charge in [-0.1, -0.05) is 121 Å². The van der Waals surface area contributed by atoms with Crippen molar-refractivity contribution in [1.82, 2.24) is 4.40 Å². The van der Waals surface area contributed by atoms with E-state index in [1.165, 1.54) is 71.8 Å². The monoisotopic (exact) mass is 525 g/mol. The molecule has 3 heterocycles. The van der Waals surface area contributed by atoms with E-state index in [4.69, 9.17) is 4.74 Å². The number of hydrogen-bond donors (Lipinski definition) is 0. The van der Waals surface area contributed by atoms with Crippen molar-refractivity contribution in [3.05, 3.63) is 146 Å². The molecule has 0 aliphatic rings. The number of benzene rings is 5. The number of aromatic nitrogens is 1. The quantitative estimate of drug-likeness (QED) is 0.218. The van der Waals surface area contributed by atoms with E-state index in [2.05, 4.69) is 150 Å². The Morgan fingerprint density at radius 1 is 0.415 bits per heavy atom. The standard InChI is InChI=1S/C39H27NO/c1-41-30-24-31-35(26-14-6-2-7-15-26)37(28-18-10-4-11-19-28)33-22-23-34-38(29-20-12-5-13-21-29)36(27-16-8-3-9-17-27)32(25-30)39(31)40(33)34/h2-25H,1H3. The molecule has 5 aromatic carbocycles. The molecule has 0 aliphatic heterocycles. The molecule has 3 aromatic heterocycles. The van der Waals surface area contributed by atoms with Gasteiger partial charge in [0.25, 0.3) is 0 Å².